The van der Waals surface area contributed by atoms with Crippen molar-refractivity contribution in [1.29, 1.82) is 0 Å². The highest BCUT2D eigenvalue weighted by Gasteiger charge is 2.32. The summed E-state index contributed by atoms with van der Waals surface area (Å²) in [5.74, 6) is -0.400. The Morgan fingerprint density at radius 3 is 2.60 bits per heavy atom. The van der Waals surface area contributed by atoms with Crippen molar-refractivity contribution in [2.24, 2.45) is 0 Å². The molecule has 1 aromatic carbocycles. The fraction of sp³-hybridized carbons (Fsp3) is 0.625. The van der Waals surface area contributed by atoms with Gasteiger partial charge in [-0.2, -0.15) is 0 Å². The lowest BCUT2D eigenvalue weighted by molar-refractivity contribution is 0.160. The number of unbranched alkanes of at least 4 members (excludes halogenated alkanes) is 1. The minimum atomic E-state index is -3.07. The van der Waals surface area contributed by atoms with Crippen LogP contribution in [0.15, 0.2) is 24.3 Å². The Labute approximate surface area is 121 Å². The second kappa shape index (κ2) is 7.38. The molecule has 1 atom stereocenters. The van der Waals surface area contributed by atoms with Crippen LogP contribution in [0.4, 0.5) is 4.39 Å². The smallest absolute Gasteiger partial charge is 0.235 e. The first-order valence-electron chi connectivity index (χ1n) is 7.68. The summed E-state index contributed by atoms with van der Waals surface area (Å²) in [7, 11) is -3.07. The molecule has 1 aromatic rings. The van der Waals surface area contributed by atoms with Gasteiger partial charge in [0.15, 0.2) is 0 Å². The molecule has 0 saturated heterocycles. The van der Waals surface area contributed by atoms with Crippen LogP contribution < -0.4 is 5.30 Å². The second-order valence-electron chi connectivity index (χ2n) is 5.57. The molecule has 2 nitrogen and oxygen atoms in total. The van der Waals surface area contributed by atoms with Gasteiger partial charge in [0.05, 0.1) is 11.4 Å². The lowest BCUT2D eigenvalue weighted by Crippen LogP contribution is -2.22. The van der Waals surface area contributed by atoms with Gasteiger partial charge in [-0.3, -0.25) is 4.57 Å². The summed E-state index contributed by atoms with van der Waals surface area (Å²) in [5, 5.41) is 0.277. The third kappa shape index (κ3) is 3.93. The predicted octanol–water partition coefficient (Wildman–Crippen LogP) is 4.88. The Balaban J connectivity index is 2.20. The first kappa shape index (κ1) is 15.7. The van der Waals surface area contributed by atoms with Crippen LogP contribution in [0.1, 0.15) is 51.9 Å². The van der Waals surface area contributed by atoms with Gasteiger partial charge >= 0.3 is 0 Å². The van der Waals surface area contributed by atoms with E-state index in [0.717, 1.165) is 38.5 Å². The van der Waals surface area contributed by atoms with Crippen LogP contribution in [0.3, 0.4) is 0 Å². The molecule has 4 heteroatoms. The quantitative estimate of drug-likeness (QED) is 0.700. The third-order valence-electron chi connectivity index (χ3n) is 3.90. The largest absolute Gasteiger partial charge is 0.322 e. The third-order valence-corrected chi connectivity index (χ3v) is 6.54. The zero-order valence-corrected chi connectivity index (χ0v) is 13.1. The maximum absolute atomic E-state index is 14.0. The van der Waals surface area contributed by atoms with Crippen LogP contribution in [0.5, 0.6) is 0 Å². The molecule has 1 unspecified atom stereocenters. The van der Waals surface area contributed by atoms with Crippen molar-refractivity contribution >= 4 is 12.7 Å². The van der Waals surface area contributed by atoms with Gasteiger partial charge in [-0.25, -0.2) is 4.39 Å². The van der Waals surface area contributed by atoms with Crippen LogP contribution in [0, 0.1) is 5.82 Å². The zero-order valence-electron chi connectivity index (χ0n) is 12.2. The van der Waals surface area contributed by atoms with Crippen molar-refractivity contribution in [2.45, 2.75) is 58.0 Å². The molecule has 1 aliphatic rings. The molecule has 0 aliphatic heterocycles. The molecule has 2 rings (SSSR count). The molecular weight excluding hydrogens is 274 g/mol. The van der Waals surface area contributed by atoms with Gasteiger partial charge < -0.3 is 4.52 Å². The topological polar surface area (TPSA) is 26.3 Å². The second-order valence-corrected chi connectivity index (χ2v) is 8.05. The highest BCUT2D eigenvalue weighted by Crippen LogP contribution is 2.50. The van der Waals surface area contributed by atoms with E-state index < -0.39 is 13.2 Å². The Morgan fingerprint density at radius 2 is 1.95 bits per heavy atom. The van der Waals surface area contributed by atoms with Crippen LogP contribution >= 0.6 is 7.37 Å². The normalized spacial score (nSPS) is 19.7. The van der Waals surface area contributed by atoms with E-state index in [0.29, 0.717) is 6.16 Å². The van der Waals surface area contributed by atoms with E-state index in [9.17, 15) is 8.96 Å². The molecule has 1 fully saturated rings. The van der Waals surface area contributed by atoms with Crippen LogP contribution in [0.25, 0.3) is 0 Å². The number of rotatable bonds is 6. The van der Waals surface area contributed by atoms with Gasteiger partial charge in [-0.1, -0.05) is 44.7 Å². The Bertz CT molecular complexity index is 469. The SMILES string of the molecule is CCCCP(=O)(OC1CCCCC1)c1ccccc1F. The Hall–Kier alpha value is -0.660. The summed E-state index contributed by atoms with van der Waals surface area (Å²) >= 11 is 0. The summed E-state index contributed by atoms with van der Waals surface area (Å²) in [6.07, 6.45) is 7.58. The minimum absolute atomic E-state index is 0.0334. The molecule has 0 spiro atoms. The van der Waals surface area contributed by atoms with E-state index in [1.54, 1.807) is 18.2 Å². The highest BCUT2D eigenvalue weighted by molar-refractivity contribution is 7.67. The maximum atomic E-state index is 14.0. The first-order chi connectivity index (χ1) is 9.65. The van der Waals surface area contributed by atoms with E-state index in [2.05, 4.69) is 0 Å². The fourth-order valence-corrected chi connectivity index (χ4v) is 5.33. The van der Waals surface area contributed by atoms with Gasteiger partial charge in [0, 0.05) is 6.16 Å². The van der Waals surface area contributed by atoms with Crippen LogP contribution in [0.2, 0.25) is 0 Å². The van der Waals surface area contributed by atoms with E-state index in [-0.39, 0.29) is 11.4 Å². The molecule has 0 bridgehead atoms. The van der Waals surface area contributed by atoms with E-state index >= 15 is 0 Å². The van der Waals surface area contributed by atoms with Crippen molar-refractivity contribution in [1.82, 2.24) is 0 Å². The maximum Gasteiger partial charge on any atom is 0.235 e. The Kier molecular flexibility index (Phi) is 5.80. The summed E-state index contributed by atoms with van der Waals surface area (Å²) in [6, 6.07) is 6.36. The van der Waals surface area contributed by atoms with Crippen molar-refractivity contribution in [2.75, 3.05) is 6.16 Å². The highest BCUT2D eigenvalue weighted by atomic mass is 31.2. The molecule has 20 heavy (non-hydrogen) atoms. The van der Waals surface area contributed by atoms with Crippen molar-refractivity contribution in [3.8, 4) is 0 Å². The van der Waals surface area contributed by atoms with Crippen molar-refractivity contribution in [3.63, 3.8) is 0 Å². The van der Waals surface area contributed by atoms with Gasteiger partial charge in [0.25, 0.3) is 0 Å². The average molecular weight is 298 g/mol. The number of hydrogen-bond donors (Lipinski definition) is 0. The molecule has 0 amide bonds. The van der Waals surface area contributed by atoms with E-state index in [4.69, 9.17) is 4.52 Å². The lowest BCUT2D eigenvalue weighted by atomic mass is 9.98. The van der Waals surface area contributed by atoms with Crippen molar-refractivity contribution < 1.29 is 13.5 Å². The van der Waals surface area contributed by atoms with Gasteiger partial charge in [0.1, 0.15) is 5.82 Å². The summed E-state index contributed by atoms with van der Waals surface area (Å²) < 4.78 is 33.2. The number of benzene rings is 1. The summed E-state index contributed by atoms with van der Waals surface area (Å²) in [5.41, 5.74) is 0. The molecule has 0 heterocycles. The molecule has 112 valence electrons. The lowest BCUT2D eigenvalue weighted by Gasteiger charge is -2.28. The first-order valence-corrected chi connectivity index (χ1v) is 9.49. The number of halogens is 1. The van der Waals surface area contributed by atoms with E-state index in [1.807, 2.05) is 6.92 Å². The number of hydrogen-bond acceptors (Lipinski definition) is 2. The molecule has 0 radical (unpaired) electrons. The standard InChI is InChI=1S/C16H24FO2P/c1-2-3-13-20(18,16-12-8-7-11-15(16)17)19-14-9-5-4-6-10-14/h7-8,11-12,14H,2-6,9-10,13H2,1H3. The predicted molar refractivity (Wildman–Crippen MR) is 81.4 cm³/mol. The van der Waals surface area contributed by atoms with Gasteiger partial charge in [-0.15, -0.1) is 0 Å². The Morgan fingerprint density at radius 1 is 1.25 bits per heavy atom. The monoisotopic (exact) mass is 298 g/mol. The molecule has 0 N–H and O–H groups in total. The average Bonchev–Trinajstić information content (AvgIpc) is 2.46. The van der Waals surface area contributed by atoms with Crippen LogP contribution in [-0.2, 0) is 9.09 Å². The fourth-order valence-electron chi connectivity index (χ4n) is 2.74. The van der Waals surface area contributed by atoms with Crippen LogP contribution in [-0.4, -0.2) is 12.3 Å². The molecule has 1 aliphatic carbocycles. The minimum Gasteiger partial charge on any atom is -0.322 e. The van der Waals surface area contributed by atoms with Gasteiger partial charge in [0.2, 0.25) is 7.37 Å². The van der Waals surface area contributed by atoms with E-state index in [1.165, 1.54) is 12.5 Å². The zero-order chi connectivity index (χ0) is 14.4. The summed E-state index contributed by atoms with van der Waals surface area (Å²) in [4.78, 5) is 0. The van der Waals surface area contributed by atoms with Crippen molar-refractivity contribution in [3.05, 3.63) is 30.1 Å². The van der Waals surface area contributed by atoms with Gasteiger partial charge in [-0.05, 0) is 31.4 Å². The molecule has 0 aromatic heterocycles. The molecule has 1 saturated carbocycles. The molecular formula is C16H24FO2P. The summed E-state index contributed by atoms with van der Waals surface area (Å²) in [6.45, 7) is 2.05.